The second-order valence-electron chi connectivity index (χ2n) is 5.70. The Hall–Kier alpha value is 0.230. The summed E-state index contributed by atoms with van der Waals surface area (Å²) in [5, 5.41) is 0. The zero-order valence-electron chi connectivity index (χ0n) is 13.0. The van der Waals surface area contributed by atoms with Gasteiger partial charge in [-0.2, -0.15) is 0 Å². The fourth-order valence-electron chi connectivity index (χ4n) is 2.46. The topological polar surface area (TPSA) is 17.1 Å². The molecule has 0 aromatic rings. The number of hydrogen-bond donors (Lipinski definition) is 0. The highest BCUT2D eigenvalue weighted by Crippen LogP contribution is 2.48. The molecule has 0 fully saturated rings. The Kier molecular flexibility index (Phi) is 12.4. The van der Waals surface area contributed by atoms with Crippen molar-refractivity contribution in [3.8, 4) is 0 Å². The first-order chi connectivity index (χ1) is 8.68. The van der Waals surface area contributed by atoms with Crippen molar-refractivity contribution in [2.75, 3.05) is 18.5 Å². The van der Waals surface area contributed by atoms with Crippen molar-refractivity contribution < 1.29 is 4.57 Å². The van der Waals surface area contributed by atoms with E-state index in [2.05, 4.69) is 20.8 Å². The molecule has 1 nitrogen and oxygen atoms in total. The summed E-state index contributed by atoms with van der Waals surface area (Å²) in [4.78, 5) is 0. The summed E-state index contributed by atoms with van der Waals surface area (Å²) < 4.78 is 12.9. The van der Waals surface area contributed by atoms with Crippen molar-refractivity contribution in [1.29, 1.82) is 0 Å². The summed E-state index contributed by atoms with van der Waals surface area (Å²) in [6, 6.07) is 0. The zero-order valence-corrected chi connectivity index (χ0v) is 13.9. The van der Waals surface area contributed by atoms with Gasteiger partial charge in [0.1, 0.15) is 0 Å². The average molecular weight is 274 g/mol. The predicted octanol–water partition coefficient (Wildman–Crippen LogP) is 6.31. The molecule has 0 unspecified atom stereocenters. The molecule has 0 aliphatic rings. The van der Waals surface area contributed by atoms with Crippen LogP contribution in [-0.4, -0.2) is 18.5 Å². The molecule has 0 N–H and O–H groups in total. The van der Waals surface area contributed by atoms with E-state index in [0.29, 0.717) is 0 Å². The third-order valence-corrected chi connectivity index (χ3v) is 7.15. The van der Waals surface area contributed by atoms with E-state index in [4.69, 9.17) is 0 Å². The van der Waals surface area contributed by atoms with Crippen LogP contribution in [0.25, 0.3) is 0 Å². The molecule has 0 spiro atoms. The second-order valence-corrected chi connectivity index (χ2v) is 9.16. The SMILES string of the molecule is CCCCCCP(=O)(CCCCC)CCCCC. The highest BCUT2D eigenvalue weighted by molar-refractivity contribution is 7.63. The van der Waals surface area contributed by atoms with Gasteiger partial charge in [-0.25, -0.2) is 0 Å². The monoisotopic (exact) mass is 274 g/mol. The maximum Gasteiger partial charge on any atom is 0.0877 e. The number of hydrogen-bond acceptors (Lipinski definition) is 1. The van der Waals surface area contributed by atoms with Gasteiger partial charge in [0.2, 0.25) is 0 Å². The normalized spacial score (nSPS) is 11.9. The Bertz CT molecular complexity index is 199. The van der Waals surface area contributed by atoms with E-state index >= 15 is 0 Å². The van der Waals surface area contributed by atoms with Crippen LogP contribution in [0.2, 0.25) is 0 Å². The quantitative estimate of drug-likeness (QED) is 0.284. The highest BCUT2D eigenvalue weighted by Gasteiger charge is 2.20. The van der Waals surface area contributed by atoms with E-state index in [9.17, 15) is 4.57 Å². The molecular weight excluding hydrogens is 239 g/mol. The molecule has 0 aromatic heterocycles. The Balaban J connectivity index is 3.99. The lowest BCUT2D eigenvalue weighted by Crippen LogP contribution is -2.01. The second kappa shape index (κ2) is 12.3. The van der Waals surface area contributed by atoms with Crippen molar-refractivity contribution in [3.05, 3.63) is 0 Å². The van der Waals surface area contributed by atoms with Gasteiger partial charge in [-0.05, 0) is 19.3 Å². The van der Waals surface area contributed by atoms with Crippen molar-refractivity contribution in [3.63, 3.8) is 0 Å². The highest BCUT2D eigenvalue weighted by atomic mass is 31.2. The Morgan fingerprint density at radius 3 is 1.28 bits per heavy atom. The fraction of sp³-hybridized carbons (Fsp3) is 1.00. The van der Waals surface area contributed by atoms with E-state index in [-0.39, 0.29) is 0 Å². The first-order valence-electron chi connectivity index (χ1n) is 8.25. The zero-order chi connectivity index (χ0) is 13.7. The van der Waals surface area contributed by atoms with Crippen LogP contribution in [0.15, 0.2) is 0 Å². The van der Waals surface area contributed by atoms with E-state index in [1.165, 1.54) is 64.2 Å². The molecule has 0 atom stereocenters. The minimum atomic E-state index is -1.82. The first-order valence-corrected chi connectivity index (χ1v) is 10.5. The summed E-state index contributed by atoms with van der Waals surface area (Å²) >= 11 is 0. The van der Waals surface area contributed by atoms with E-state index in [1.807, 2.05) is 0 Å². The average Bonchev–Trinajstić information content (AvgIpc) is 2.36. The lowest BCUT2D eigenvalue weighted by molar-refractivity contribution is 0.563. The molecule has 0 saturated heterocycles. The van der Waals surface area contributed by atoms with Gasteiger partial charge in [0.05, 0.1) is 7.14 Å². The van der Waals surface area contributed by atoms with Crippen molar-refractivity contribution in [2.24, 2.45) is 0 Å². The molecule has 0 bridgehead atoms. The van der Waals surface area contributed by atoms with E-state index < -0.39 is 7.14 Å². The largest absolute Gasteiger partial charge is 0.324 e. The van der Waals surface area contributed by atoms with Crippen LogP contribution < -0.4 is 0 Å². The maximum atomic E-state index is 12.9. The molecule has 0 aliphatic carbocycles. The van der Waals surface area contributed by atoms with Gasteiger partial charge in [0, 0.05) is 18.5 Å². The third-order valence-electron chi connectivity index (χ3n) is 3.76. The van der Waals surface area contributed by atoms with Crippen LogP contribution in [0.1, 0.15) is 85.0 Å². The molecule has 2 heteroatoms. The van der Waals surface area contributed by atoms with Crippen LogP contribution in [0.5, 0.6) is 0 Å². The number of unbranched alkanes of at least 4 members (excludes halogenated alkanes) is 7. The van der Waals surface area contributed by atoms with Crippen LogP contribution in [0, 0.1) is 0 Å². The molecule has 110 valence electrons. The molecule has 0 aliphatic heterocycles. The van der Waals surface area contributed by atoms with E-state index in [1.54, 1.807) is 0 Å². The molecule has 0 amide bonds. The molecule has 0 rings (SSSR count). The van der Waals surface area contributed by atoms with Crippen molar-refractivity contribution >= 4 is 7.14 Å². The van der Waals surface area contributed by atoms with Crippen molar-refractivity contribution in [2.45, 2.75) is 85.0 Å². The van der Waals surface area contributed by atoms with Gasteiger partial charge in [-0.1, -0.05) is 65.7 Å². The molecular formula is C16H35OP. The third kappa shape index (κ3) is 10.2. The Labute approximate surface area is 116 Å². The summed E-state index contributed by atoms with van der Waals surface area (Å²) in [5.41, 5.74) is 0. The Morgan fingerprint density at radius 2 is 0.889 bits per heavy atom. The molecule has 0 heterocycles. The van der Waals surface area contributed by atoms with Crippen LogP contribution in [-0.2, 0) is 4.57 Å². The van der Waals surface area contributed by atoms with Crippen molar-refractivity contribution in [1.82, 2.24) is 0 Å². The minimum absolute atomic E-state index is 1.02. The summed E-state index contributed by atoms with van der Waals surface area (Å²) in [6.45, 7) is 6.69. The standard InChI is InChI=1S/C16H35OP/c1-4-7-10-13-16-18(17,14-11-8-5-2)15-12-9-6-3/h4-16H2,1-3H3. The molecule has 0 radical (unpaired) electrons. The van der Waals surface area contributed by atoms with Gasteiger partial charge in [0.15, 0.2) is 0 Å². The Morgan fingerprint density at radius 1 is 0.556 bits per heavy atom. The van der Waals surface area contributed by atoms with Gasteiger partial charge >= 0.3 is 0 Å². The van der Waals surface area contributed by atoms with Gasteiger partial charge < -0.3 is 4.57 Å². The summed E-state index contributed by atoms with van der Waals surface area (Å²) in [7, 11) is -1.82. The smallest absolute Gasteiger partial charge is 0.0877 e. The van der Waals surface area contributed by atoms with Crippen LogP contribution in [0.3, 0.4) is 0 Å². The molecule has 18 heavy (non-hydrogen) atoms. The lowest BCUT2D eigenvalue weighted by Gasteiger charge is -2.18. The number of rotatable bonds is 13. The van der Waals surface area contributed by atoms with Crippen LogP contribution >= 0.6 is 7.14 Å². The maximum absolute atomic E-state index is 12.9. The fourth-order valence-corrected chi connectivity index (χ4v) is 5.53. The predicted molar refractivity (Wildman–Crippen MR) is 85.4 cm³/mol. The summed E-state index contributed by atoms with van der Waals surface area (Å²) in [6.07, 6.45) is 15.5. The van der Waals surface area contributed by atoms with Gasteiger partial charge in [-0.3, -0.25) is 0 Å². The van der Waals surface area contributed by atoms with E-state index in [0.717, 1.165) is 18.5 Å². The molecule has 0 aromatic carbocycles. The minimum Gasteiger partial charge on any atom is -0.324 e. The first kappa shape index (κ1) is 18.2. The lowest BCUT2D eigenvalue weighted by atomic mass is 10.2. The van der Waals surface area contributed by atoms with Gasteiger partial charge in [-0.15, -0.1) is 0 Å². The van der Waals surface area contributed by atoms with Crippen LogP contribution in [0.4, 0.5) is 0 Å². The summed E-state index contributed by atoms with van der Waals surface area (Å²) in [5.74, 6) is 0. The van der Waals surface area contributed by atoms with Gasteiger partial charge in [0.25, 0.3) is 0 Å². The molecule has 0 saturated carbocycles.